The van der Waals surface area contributed by atoms with Crippen molar-refractivity contribution in [2.24, 2.45) is 10.7 Å². The fourth-order valence-electron chi connectivity index (χ4n) is 1.02. The van der Waals surface area contributed by atoms with Crippen LogP contribution in [-0.4, -0.2) is 33.8 Å². The van der Waals surface area contributed by atoms with Gasteiger partial charge in [-0.1, -0.05) is 0 Å². The number of carboxylic acid groups (broad SMARTS) is 1. The Morgan fingerprint density at radius 1 is 1.71 bits per heavy atom. The Kier molecular flexibility index (Phi) is 2.98. The van der Waals surface area contributed by atoms with Crippen LogP contribution in [0.4, 0.5) is 0 Å². The molecule has 0 fully saturated rings. The first-order valence-electron chi connectivity index (χ1n) is 3.99. The van der Waals surface area contributed by atoms with Gasteiger partial charge in [0.25, 0.3) is 0 Å². The van der Waals surface area contributed by atoms with Crippen LogP contribution in [0.2, 0.25) is 0 Å². The molecule has 0 spiro atoms. The zero-order chi connectivity index (χ0) is 10.7. The molecule has 0 saturated heterocycles. The molecule has 76 valence electrons. The summed E-state index contributed by atoms with van der Waals surface area (Å²) in [5.74, 6) is -2.29. The zero-order valence-corrected chi connectivity index (χ0v) is 7.30. The minimum Gasteiger partial charge on any atom is -0.503 e. The van der Waals surface area contributed by atoms with E-state index in [0.717, 1.165) is 0 Å². The summed E-state index contributed by atoms with van der Waals surface area (Å²) in [6.45, 7) is 0. The standard InChI is InChI=1S/C8H10N2O4/c9-5(8(13)14)3-4-1-2-6(11)7(12)10-4/h2,5,11H,1,3,9H2,(H,13,14). The summed E-state index contributed by atoms with van der Waals surface area (Å²) >= 11 is 0. The average molecular weight is 198 g/mol. The molecule has 1 heterocycles. The molecule has 0 radical (unpaired) electrons. The van der Waals surface area contributed by atoms with Gasteiger partial charge in [0.1, 0.15) is 6.04 Å². The Balaban J connectivity index is 2.61. The van der Waals surface area contributed by atoms with E-state index in [1.165, 1.54) is 6.08 Å². The molecule has 14 heavy (non-hydrogen) atoms. The third kappa shape index (κ3) is 2.40. The van der Waals surface area contributed by atoms with Gasteiger partial charge < -0.3 is 15.9 Å². The number of hydrogen-bond donors (Lipinski definition) is 3. The first-order valence-corrected chi connectivity index (χ1v) is 3.99. The number of amides is 1. The summed E-state index contributed by atoms with van der Waals surface area (Å²) in [6.07, 6.45) is 1.57. The molecule has 0 aromatic rings. The number of dihydropyridines is 1. The average Bonchev–Trinajstić information content (AvgIpc) is 2.11. The Bertz CT molecular complexity index is 332. The molecule has 6 nitrogen and oxygen atoms in total. The number of nitrogens with two attached hydrogens (primary N) is 1. The topological polar surface area (TPSA) is 113 Å². The van der Waals surface area contributed by atoms with Crippen LogP contribution in [0.1, 0.15) is 12.8 Å². The number of aliphatic hydroxyl groups is 1. The molecule has 0 aliphatic carbocycles. The Labute approximate surface area is 79.7 Å². The second-order valence-corrected chi connectivity index (χ2v) is 2.93. The lowest BCUT2D eigenvalue weighted by Crippen LogP contribution is -2.33. The van der Waals surface area contributed by atoms with Gasteiger partial charge in [0.15, 0.2) is 5.76 Å². The van der Waals surface area contributed by atoms with Crippen molar-refractivity contribution in [3.63, 3.8) is 0 Å². The highest BCUT2D eigenvalue weighted by Gasteiger charge is 2.19. The molecular formula is C8H10N2O4. The van der Waals surface area contributed by atoms with Crippen LogP contribution in [0.5, 0.6) is 0 Å². The number of carbonyl (C=O) groups is 2. The van der Waals surface area contributed by atoms with E-state index in [4.69, 9.17) is 15.9 Å². The van der Waals surface area contributed by atoms with Crippen LogP contribution in [0.3, 0.4) is 0 Å². The molecule has 1 rings (SSSR count). The number of aliphatic carboxylic acids is 1. The quantitative estimate of drug-likeness (QED) is 0.571. The highest BCUT2D eigenvalue weighted by atomic mass is 16.4. The smallest absolute Gasteiger partial charge is 0.320 e. The number of carboxylic acids is 1. The van der Waals surface area contributed by atoms with Gasteiger partial charge in [-0.3, -0.25) is 9.59 Å². The molecule has 1 atom stereocenters. The molecule has 1 amide bonds. The number of aliphatic hydroxyl groups excluding tert-OH is 1. The number of nitrogens with zero attached hydrogens (tertiary/aromatic N) is 1. The molecule has 1 aliphatic rings. The number of carbonyl (C=O) groups excluding carboxylic acids is 1. The molecule has 1 aliphatic heterocycles. The highest BCUT2D eigenvalue weighted by molar-refractivity contribution is 6.06. The summed E-state index contributed by atoms with van der Waals surface area (Å²) in [5, 5.41) is 17.4. The van der Waals surface area contributed by atoms with Crippen molar-refractivity contribution in [1.29, 1.82) is 0 Å². The van der Waals surface area contributed by atoms with Crippen molar-refractivity contribution in [1.82, 2.24) is 0 Å². The fraction of sp³-hybridized carbons (Fsp3) is 0.375. The van der Waals surface area contributed by atoms with Gasteiger partial charge in [0.05, 0.1) is 0 Å². The van der Waals surface area contributed by atoms with Gasteiger partial charge in [-0.2, -0.15) is 0 Å². The summed E-state index contributed by atoms with van der Waals surface area (Å²) in [5.41, 5.74) is 5.63. The van der Waals surface area contributed by atoms with Crippen molar-refractivity contribution in [3.05, 3.63) is 11.8 Å². The molecule has 1 unspecified atom stereocenters. The van der Waals surface area contributed by atoms with E-state index >= 15 is 0 Å². The van der Waals surface area contributed by atoms with E-state index in [1.54, 1.807) is 0 Å². The zero-order valence-electron chi connectivity index (χ0n) is 7.30. The van der Waals surface area contributed by atoms with Crippen molar-refractivity contribution in [3.8, 4) is 0 Å². The number of rotatable bonds is 3. The van der Waals surface area contributed by atoms with Crippen LogP contribution >= 0.6 is 0 Å². The minimum atomic E-state index is -1.14. The van der Waals surface area contributed by atoms with Gasteiger partial charge >= 0.3 is 11.9 Å². The molecular weight excluding hydrogens is 188 g/mol. The van der Waals surface area contributed by atoms with E-state index in [-0.39, 0.29) is 12.8 Å². The minimum absolute atomic E-state index is 0.0187. The fourth-order valence-corrected chi connectivity index (χ4v) is 1.02. The van der Waals surface area contributed by atoms with E-state index < -0.39 is 23.7 Å². The van der Waals surface area contributed by atoms with E-state index in [9.17, 15) is 9.59 Å². The number of allylic oxidation sites excluding steroid dienone is 1. The summed E-state index contributed by atoms with van der Waals surface area (Å²) in [4.78, 5) is 24.8. The molecule has 0 aromatic heterocycles. The van der Waals surface area contributed by atoms with E-state index in [0.29, 0.717) is 5.71 Å². The van der Waals surface area contributed by atoms with Crippen LogP contribution < -0.4 is 5.73 Å². The third-order valence-electron chi connectivity index (χ3n) is 1.78. The lowest BCUT2D eigenvalue weighted by molar-refractivity contribution is -0.138. The maximum Gasteiger partial charge on any atom is 0.320 e. The van der Waals surface area contributed by atoms with Crippen molar-refractivity contribution >= 4 is 17.6 Å². The van der Waals surface area contributed by atoms with Crippen molar-refractivity contribution in [2.45, 2.75) is 18.9 Å². The number of aliphatic imine (C=N–C) groups is 1. The number of hydrogen-bond acceptors (Lipinski definition) is 4. The predicted molar refractivity (Wildman–Crippen MR) is 48.0 cm³/mol. The second kappa shape index (κ2) is 4.01. The molecule has 0 saturated carbocycles. The SMILES string of the molecule is NC(CC1=NC(=O)C(O)=CC1)C(=O)O. The first kappa shape index (κ1) is 10.4. The van der Waals surface area contributed by atoms with Gasteiger partial charge in [0.2, 0.25) is 0 Å². The second-order valence-electron chi connectivity index (χ2n) is 2.93. The van der Waals surface area contributed by atoms with Gasteiger partial charge in [0, 0.05) is 18.6 Å². The largest absolute Gasteiger partial charge is 0.503 e. The third-order valence-corrected chi connectivity index (χ3v) is 1.78. The van der Waals surface area contributed by atoms with Crippen LogP contribution in [-0.2, 0) is 9.59 Å². The summed E-state index contributed by atoms with van der Waals surface area (Å²) in [7, 11) is 0. The van der Waals surface area contributed by atoms with Gasteiger partial charge in [-0.25, -0.2) is 4.99 Å². The van der Waals surface area contributed by atoms with Crippen molar-refractivity contribution < 1.29 is 19.8 Å². The van der Waals surface area contributed by atoms with E-state index in [1.807, 2.05) is 0 Å². The normalized spacial score (nSPS) is 18.5. The first-order chi connectivity index (χ1) is 6.50. The lowest BCUT2D eigenvalue weighted by atomic mass is 10.1. The molecule has 0 bridgehead atoms. The summed E-state index contributed by atoms with van der Waals surface area (Å²) < 4.78 is 0. The van der Waals surface area contributed by atoms with Gasteiger partial charge in [-0.05, 0) is 6.08 Å². The molecule has 0 aromatic carbocycles. The maximum atomic E-state index is 10.9. The van der Waals surface area contributed by atoms with Crippen LogP contribution in [0, 0.1) is 0 Å². The summed E-state index contributed by atoms with van der Waals surface area (Å²) in [6, 6.07) is -1.06. The van der Waals surface area contributed by atoms with Crippen molar-refractivity contribution in [2.75, 3.05) is 0 Å². The van der Waals surface area contributed by atoms with Crippen LogP contribution in [0.25, 0.3) is 0 Å². The van der Waals surface area contributed by atoms with Gasteiger partial charge in [-0.15, -0.1) is 0 Å². The Morgan fingerprint density at radius 2 is 2.36 bits per heavy atom. The monoisotopic (exact) mass is 198 g/mol. The maximum absolute atomic E-state index is 10.9. The highest BCUT2D eigenvalue weighted by Crippen LogP contribution is 2.08. The molecule has 4 N–H and O–H groups in total. The Hall–Kier alpha value is -1.69. The van der Waals surface area contributed by atoms with Crippen LogP contribution in [0.15, 0.2) is 16.8 Å². The molecule has 6 heteroatoms. The van der Waals surface area contributed by atoms with E-state index in [2.05, 4.69) is 4.99 Å². The predicted octanol–water partition coefficient (Wildman–Crippen LogP) is -0.398. The lowest BCUT2D eigenvalue weighted by Gasteiger charge is -2.10. The Morgan fingerprint density at radius 3 is 2.86 bits per heavy atom.